The molecule has 2 aromatic carbocycles. The molecule has 0 unspecified atom stereocenters. The van der Waals surface area contributed by atoms with Crippen LogP contribution in [0.1, 0.15) is 29.0 Å². The maximum atomic E-state index is 13.2. The van der Waals surface area contributed by atoms with Crippen molar-refractivity contribution in [2.45, 2.75) is 29.9 Å². The molecule has 0 bridgehead atoms. The fourth-order valence-corrected chi connectivity index (χ4v) is 5.76. The molecule has 1 amide bonds. The lowest BCUT2D eigenvalue weighted by molar-refractivity contribution is 0.0724. The van der Waals surface area contributed by atoms with Gasteiger partial charge in [-0.15, -0.1) is 0 Å². The van der Waals surface area contributed by atoms with Crippen LogP contribution in [0.2, 0.25) is 5.02 Å². The van der Waals surface area contributed by atoms with E-state index in [1.54, 1.807) is 36.1 Å². The zero-order chi connectivity index (χ0) is 22.2. The second-order valence-electron chi connectivity index (χ2n) is 7.43. The number of amides is 1. The van der Waals surface area contributed by atoms with Crippen molar-refractivity contribution >= 4 is 27.3 Å². The van der Waals surface area contributed by atoms with E-state index in [9.17, 15) is 17.6 Å². The number of piperidine rings is 1. The van der Waals surface area contributed by atoms with E-state index < -0.39 is 20.9 Å². The molecule has 2 heterocycles. The summed E-state index contributed by atoms with van der Waals surface area (Å²) < 4.78 is 44.2. The molecule has 162 valence electrons. The Labute approximate surface area is 184 Å². The molecular weight excluding hydrogens is 443 g/mol. The van der Waals surface area contributed by atoms with Crippen LogP contribution in [0, 0.1) is 12.7 Å². The van der Waals surface area contributed by atoms with Crippen LogP contribution in [-0.2, 0) is 9.84 Å². The largest absolute Gasteiger partial charge is 0.360 e. The predicted octanol–water partition coefficient (Wildman–Crippen LogP) is 4.52. The van der Waals surface area contributed by atoms with Gasteiger partial charge < -0.3 is 9.42 Å². The first-order valence-corrected chi connectivity index (χ1v) is 11.7. The summed E-state index contributed by atoms with van der Waals surface area (Å²) in [7, 11) is -3.60. The minimum absolute atomic E-state index is 0.0922. The van der Waals surface area contributed by atoms with Crippen LogP contribution < -0.4 is 0 Å². The molecule has 1 fully saturated rings. The molecule has 9 heteroatoms. The number of sulfone groups is 1. The molecule has 1 aromatic heterocycles. The minimum atomic E-state index is -3.60. The number of nitrogens with zero attached hydrogens (tertiary/aromatic N) is 2. The molecule has 1 aliphatic rings. The van der Waals surface area contributed by atoms with Crippen LogP contribution in [0.25, 0.3) is 11.3 Å². The van der Waals surface area contributed by atoms with Gasteiger partial charge in [0, 0.05) is 18.7 Å². The van der Waals surface area contributed by atoms with Crippen LogP contribution in [0.15, 0.2) is 57.9 Å². The molecule has 0 aliphatic carbocycles. The van der Waals surface area contributed by atoms with Crippen LogP contribution in [0.3, 0.4) is 0 Å². The molecule has 0 spiro atoms. The van der Waals surface area contributed by atoms with Crippen molar-refractivity contribution in [2.75, 3.05) is 13.1 Å². The fourth-order valence-electron chi connectivity index (χ4n) is 3.81. The Kier molecular flexibility index (Phi) is 5.85. The smallest absolute Gasteiger partial charge is 0.259 e. The first kappa shape index (κ1) is 21.5. The number of benzene rings is 2. The first-order chi connectivity index (χ1) is 14.8. The summed E-state index contributed by atoms with van der Waals surface area (Å²) in [4.78, 5) is 14.9. The van der Waals surface area contributed by atoms with Crippen molar-refractivity contribution < 1.29 is 22.1 Å². The minimum Gasteiger partial charge on any atom is -0.360 e. The van der Waals surface area contributed by atoms with Crippen molar-refractivity contribution in [1.29, 1.82) is 0 Å². The lowest BCUT2D eigenvalue weighted by Crippen LogP contribution is -2.42. The van der Waals surface area contributed by atoms with Gasteiger partial charge in [0.15, 0.2) is 9.84 Å². The van der Waals surface area contributed by atoms with Gasteiger partial charge in [0.05, 0.1) is 15.2 Å². The molecule has 4 rings (SSSR count). The third kappa shape index (κ3) is 4.09. The Hall–Kier alpha value is -2.71. The van der Waals surface area contributed by atoms with Crippen molar-refractivity contribution in [3.05, 3.63) is 70.7 Å². The van der Waals surface area contributed by atoms with Crippen LogP contribution in [0.4, 0.5) is 4.39 Å². The molecule has 3 aromatic rings. The monoisotopic (exact) mass is 462 g/mol. The number of halogens is 2. The van der Waals surface area contributed by atoms with E-state index in [4.69, 9.17) is 16.1 Å². The zero-order valence-electron chi connectivity index (χ0n) is 16.7. The Morgan fingerprint density at radius 2 is 1.77 bits per heavy atom. The highest BCUT2D eigenvalue weighted by Gasteiger charge is 2.35. The van der Waals surface area contributed by atoms with Gasteiger partial charge in [-0.25, -0.2) is 12.8 Å². The topological polar surface area (TPSA) is 80.5 Å². The van der Waals surface area contributed by atoms with E-state index in [0.717, 1.165) is 12.1 Å². The summed E-state index contributed by atoms with van der Waals surface area (Å²) in [6.45, 7) is 2.21. The van der Waals surface area contributed by atoms with Crippen molar-refractivity contribution in [1.82, 2.24) is 10.1 Å². The summed E-state index contributed by atoms with van der Waals surface area (Å²) in [6.07, 6.45) is 0.578. The standard InChI is InChI=1S/C22H20ClFN2O4S/c1-14-20(21(25-30-14)18-4-2-3-5-19(18)23)22(27)26-12-10-17(11-13-26)31(28,29)16-8-6-15(24)7-9-16/h2-9,17H,10-13H2,1H3. The van der Waals surface area contributed by atoms with E-state index in [1.165, 1.54) is 12.1 Å². The maximum Gasteiger partial charge on any atom is 0.259 e. The summed E-state index contributed by atoms with van der Waals surface area (Å²) in [5.74, 6) is -0.384. The van der Waals surface area contributed by atoms with Crippen molar-refractivity contribution in [2.24, 2.45) is 0 Å². The second-order valence-corrected chi connectivity index (χ2v) is 10.1. The molecule has 0 saturated carbocycles. The van der Waals surface area contributed by atoms with Gasteiger partial charge in [0.2, 0.25) is 0 Å². The number of hydrogen-bond acceptors (Lipinski definition) is 5. The SMILES string of the molecule is Cc1onc(-c2ccccc2Cl)c1C(=O)N1CCC(S(=O)(=O)c2ccc(F)cc2)CC1. The van der Waals surface area contributed by atoms with Crippen LogP contribution in [0.5, 0.6) is 0 Å². The summed E-state index contributed by atoms with van der Waals surface area (Å²) in [6, 6.07) is 11.9. The number of aryl methyl sites for hydroxylation is 1. The van der Waals surface area contributed by atoms with Gasteiger partial charge in [-0.1, -0.05) is 35.0 Å². The molecular formula is C22H20ClFN2O4S. The maximum absolute atomic E-state index is 13.2. The molecule has 0 radical (unpaired) electrons. The number of aromatic nitrogens is 1. The van der Waals surface area contributed by atoms with Gasteiger partial charge in [-0.2, -0.15) is 0 Å². The molecule has 1 aliphatic heterocycles. The third-order valence-corrected chi connectivity index (χ3v) is 8.12. The summed E-state index contributed by atoms with van der Waals surface area (Å²) in [5.41, 5.74) is 1.29. The van der Waals surface area contributed by atoms with Crippen LogP contribution >= 0.6 is 11.6 Å². The van der Waals surface area contributed by atoms with Gasteiger partial charge in [-0.3, -0.25) is 4.79 Å². The molecule has 0 atom stereocenters. The number of rotatable bonds is 4. The quantitative estimate of drug-likeness (QED) is 0.532. The number of hydrogen-bond donors (Lipinski definition) is 0. The Morgan fingerprint density at radius 1 is 1.13 bits per heavy atom. The van der Waals surface area contributed by atoms with Gasteiger partial charge >= 0.3 is 0 Å². The molecule has 0 N–H and O–H groups in total. The van der Waals surface area contributed by atoms with E-state index in [-0.39, 0.29) is 36.7 Å². The van der Waals surface area contributed by atoms with Crippen molar-refractivity contribution in [3.63, 3.8) is 0 Å². The third-order valence-electron chi connectivity index (χ3n) is 5.52. The van der Waals surface area contributed by atoms with Crippen LogP contribution in [-0.4, -0.2) is 42.7 Å². The molecule has 1 saturated heterocycles. The van der Waals surface area contributed by atoms with E-state index >= 15 is 0 Å². The molecule has 31 heavy (non-hydrogen) atoms. The second kappa shape index (κ2) is 8.43. The zero-order valence-corrected chi connectivity index (χ0v) is 18.3. The molecule has 6 nitrogen and oxygen atoms in total. The van der Waals surface area contributed by atoms with E-state index in [0.29, 0.717) is 27.6 Å². The predicted molar refractivity (Wildman–Crippen MR) is 114 cm³/mol. The van der Waals surface area contributed by atoms with Crippen molar-refractivity contribution in [3.8, 4) is 11.3 Å². The highest BCUT2D eigenvalue weighted by molar-refractivity contribution is 7.92. The number of likely N-dealkylation sites (tertiary alicyclic amines) is 1. The normalized spacial score (nSPS) is 15.3. The highest BCUT2D eigenvalue weighted by atomic mass is 35.5. The Bertz CT molecular complexity index is 1220. The lowest BCUT2D eigenvalue weighted by atomic mass is 10.0. The van der Waals surface area contributed by atoms with Gasteiger partial charge in [0.1, 0.15) is 22.8 Å². The lowest BCUT2D eigenvalue weighted by Gasteiger charge is -2.31. The van der Waals surface area contributed by atoms with E-state index in [1.807, 2.05) is 0 Å². The Morgan fingerprint density at radius 3 is 2.42 bits per heavy atom. The van der Waals surface area contributed by atoms with E-state index in [2.05, 4.69) is 5.16 Å². The van der Waals surface area contributed by atoms with Gasteiger partial charge in [0.25, 0.3) is 5.91 Å². The highest BCUT2D eigenvalue weighted by Crippen LogP contribution is 2.33. The van der Waals surface area contributed by atoms with Gasteiger partial charge in [-0.05, 0) is 50.1 Å². The summed E-state index contributed by atoms with van der Waals surface area (Å²) >= 11 is 6.27. The summed E-state index contributed by atoms with van der Waals surface area (Å²) in [5, 5.41) is 3.85. The fraction of sp³-hybridized carbons (Fsp3) is 0.273. The first-order valence-electron chi connectivity index (χ1n) is 9.79. The average Bonchev–Trinajstić information content (AvgIpc) is 3.15. The number of carbonyl (C=O) groups is 1. The Balaban J connectivity index is 1.53. The number of carbonyl (C=O) groups excluding carboxylic acids is 1. The average molecular weight is 463 g/mol.